The first-order valence-electron chi connectivity index (χ1n) is 6.48. The lowest BCUT2D eigenvalue weighted by atomic mass is 10.1. The Morgan fingerprint density at radius 2 is 2.47 bits per heavy atom. The fourth-order valence-electron chi connectivity index (χ4n) is 1.19. The highest BCUT2D eigenvalue weighted by Crippen LogP contribution is 2.14. The van der Waals surface area contributed by atoms with Crippen molar-refractivity contribution < 1.29 is 13.3 Å². The Kier molecular flexibility index (Phi) is 3.09. The van der Waals surface area contributed by atoms with Gasteiger partial charge in [0.1, 0.15) is 5.82 Å². The van der Waals surface area contributed by atoms with Crippen LogP contribution in [0.4, 0.5) is 10.1 Å². The van der Waals surface area contributed by atoms with E-state index in [0.717, 1.165) is 6.07 Å². The number of benzene rings is 1. The fourth-order valence-corrected chi connectivity index (χ4v) is 1.19. The quantitative estimate of drug-likeness (QED) is 0.840. The highest BCUT2D eigenvalue weighted by molar-refractivity contribution is 5.94. The fraction of sp³-hybridized carbons (Fsp3) is 0.333. The molecule has 0 aliphatic carbocycles. The number of nitriles is 1. The number of amides is 1. The zero-order valence-electron chi connectivity index (χ0n) is 12.2. The summed E-state index contributed by atoms with van der Waals surface area (Å²) >= 11 is 0. The largest absolute Gasteiger partial charge is 0.384 e. The number of nitrogens with one attached hydrogen (secondary N) is 2. The highest BCUT2D eigenvalue weighted by Gasteiger charge is 2.10. The van der Waals surface area contributed by atoms with Gasteiger partial charge in [0.05, 0.1) is 17.6 Å². The van der Waals surface area contributed by atoms with Crippen LogP contribution in [0.2, 0.25) is 0 Å². The van der Waals surface area contributed by atoms with Crippen LogP contribution in [0.25, 0.3) is 0 Å². The van der Waals surface area contributed by atoms with E-state index in [4.69, 9.17) is 9.37 Å². The summed E-state index contributed by atoms with van der Waals surface area (Å²) in [5.74, 6) is -2.07. The predicted octanol–water partition coefficient (Wildman–Crippen LogP) is 1.76. The van der Waals surface area contributed by atoms with E-state index in [2.05, 4.69) is 5.32 Å². The molecule has 0 bridgehead atoms. The SMILES string of the molecule is [2H]C([2H])([2H])NC(=O)c1ccc(NCC(C)C#N)cc1F. The maximum absolute atomic E-state index is 13.7. The van der Waals surface area contributed by atoms with Gasteiger partial charge >= 0.3 is 0 Å². The number of rotatable bonds is 4. The highest BCUT2D eigenvalue weighted by atomic mass is 19.1. The van der Waals surface area contributed by atoms with Crippen molar-refractivity contribution in [2.24, 2.45) is 5.92 Å². The van der Waals surface area contributed by atoms with Crippen molar-refractivity contribution in [3.63, 3.8) is 0 Å². The van der Waals surface area contributed by atoms with Gasteiger partial charge in [0.2, 0.25) is 0 Å². The van der Waals surface area contributed by atoms with Gasteiger partial charge in [-0.25, -0.2) is 4.39 Å². The molecule has 1 aromatic carbocycles. The second-order valence-corrected chi connectivity index (χ2v) is 3.56. The average Bonchev–Trinajstić information content (AvgIpc) is 2.33. The van der Waals surface area contributed by atoms with E-state index < -0.39 is 18.7 Å². The van der Waals surface area contributed by atoms with Crippen LogP contribution < -0.4 is 10.6 Å². The molecule has 1 atom stereocenters. The van der Waals surface area contributed by atoms with E-state index in [1.54, 1.807) is 12.2 Å². The molecule has 1 amide bonds. The lowest BCUT2D eigenvalue weighted by Crippen LogP contribution is -2.19. The van der Waals surface area contributed by atoms with E-state index in [1.165, 1.54) is 12.1 Å². The first kappa shape index (κ1) is 8.99. The minimum absolute atomic E-state index is 0.239. The van der Waals surface area contributed by atoms with E-state index in [9.17, 15) is 9.18 Å². The third-order valence-electron chi connectivity index (χ3n) is 2.16. The van der Waals surface area contributed by atoms with Crippen LogP contribution >= 0.6 is 0 Å². The molecule has 0 fully saturated rings. The molecule has 1 aromatic rings. The van der Waals surface area contributed by atoms with Crippen LogP contribution in [0.15, 0.2) is 18.2 Å². The minimum Gasteiger partial charge on any atom is -0.384 e. The Morgan fingerprint density at radius 1 is 1.71 bits per heavy atom. The molecule has 1 unspecified atom stereocenters. The summed E-state index contributed by atoms with van der Waals surface area (Å²) in [5, 5.41) is 13.2. The van der Waals surface area contributed by atoms with E-state index in [-0.39, 0.29) is 11.5 Å². The van der Waals surface area contributed by atoms with Gasteiger partial charge in [-0.05, 0) is 25.1 Å². The molecule has 17 heavy (non-hydrogen) atoms. The van der Waals surface area contributed by atoms with Crippen LogP contribution in [-0.4, -0.2) is 19.4 Å². The average molecular weight is 238 g/mol. The molecule has 0 heterocycles. The number of hydrogen-bond donors (Lipinski definition) is 2. The minimum atomic E-state index is -2.66. The zero-order valence-corrected chi connectivity index (χ0v) is 9.25. The van der Waals surface area contributed by atoms with E-state index in [1.807, 2.05) is 6.07 Å². The number of carbonyl (C=O) groups is 1. The van der Waals surface area contributed by atoms with Crippen LogP contribution in [0, 0.1) is 23.1 Å². The van der Waals surface area contributed by atoms with E-state index in [0.29, 0.717) is 12.2 Å². The predicted molar refractivity (Wildman–Crippen MR) is 63.1 cm³/mol. The van der Waals surface area contributed by atoms with Gasteiger partial charge in [-0.1, -0.05) is 0 Å². The zero-order chi connectivity index (χ0) is 15.3. The summed E-state index contributed by atoms with van der Waals surface area (Å²) in [7, 11) is 0. The molecular weight excluding hydrogens is 221 g/mol. The summed E-state index contributed by atoms with van der Waals surface area (Å²) in [6, 6.07) is 5.74. The molecule has 5 heteroatoms. The molecule has 0 saturated carbocycles. The van der Waals surface area contributed by atoms with Crippen molar-refractivity contribution in [3.8, 4) is 6.07 Å². The summed E-state index contributed by atoms with van der Waals surface area (Å²) in [6.45, 7) is -0.610. The van der Waals surface area contributed by atoms with Gasteiger partial charge in [0, 0.05) is 23.3 Å². The molecule has 90 valence electrons. The maximum atomic E-state index is 13.7. The number of anilines is 1. The van der Waals surface area contributed by atoms with Gasteiger partial charge in [-0.3, -0.25) is 4.79 Å². The summed E-state index contributed by atoms with van der Waals surface area (Å²) in [5.41, 5.74) is 0.0649. The Balaban J connectivity index is 2.78. The first-order chi connectivity index (χ1) is 9.23. The molecule has 0 saturated heterocycles. The van der Waals surface area contributed by atoms with Crippen molar-refractivity contribution >= 4 is 11.6 Å². The Morgan fingerprint density at radius 3 is 3.06 bits per heavy atom. The van der Waals surface area contributed by atoms with Crippen LogP contribution in [0.1, 0.15) is 21.4 Å². The van der Waals surface area contributed by atoms with Crippen LogP contribution in [-0.2, 0) is 0 Å². The summed E-state index contributed by atoms with van der Waals surface area (Å²) in [4.78, 5) is 11.5. The Hall–Kier alpha value is -2.09. The Bertz CT molecular complexity index is 540. The van der Waals surface area contributed by atoms with Crippen molar-refractivity contribution in [1.82, 2.24) is 5.32 Å². The van der Waals surface area contributed by atoms with Crippen molar-refractivity contribution in [3.05, 3.63) is 29.6 Å². The smallest absolute Gasteiger partial charge is 0.253 e. The second kappa shape index (κ2) is 5.85. The molecule has 0 radical (unpaired) electrons. The van der Waals surface area contributed by atoms with Gasteiger partial charge < -0.3 is 10.6 Å². The van der Waals surface area contributed by atoms with Crippen LogP contribution in [0.3, 0.4) is 0 Å². The Labute approximate surface area is 104 Å². The molecule has 0 aliphatic rings. The lowest BCUT2D eigenvalue weighted by molar-refractivity contribution is 0.0959. The first-order valence-corrected chi connectivity index (χ1v) is 4.98. The number of nitrogens with zero attached hydrogens (tertiary/aromatic N) is 1. The third kappa shape index (κ3) is 3.45. The van der Waals surface area contributed by atoms with Gasteiger partial charge in [-0.2, -0.15) is 5.26 Å². The van der Waals surface area contributed by atoms with E-state index >= 15 is 0 Å². The van der Waals surface area contributed by atoms with Gasteiger partial charge in [-0.15, -0.1) is 0 Å². The summed E-state index contributed by atoms with van der Waals surface area (Å²) in [6.07, 6.45) is 0. The third-order valence-corrected chi connectivity index (χ3v) is 2.16. The number of hydrogen-bond acceptors (Lipinski definition) is 3. The topological polar surface area (TPSA) is 64.9 Å². The molecule has 4 nitrogen and oxygen atoms in total. The number of carbonyl (C=O) groups excluding carboxylic acids is 1. The molecule has 0 spiro atoms. The maximum Gasteiger partial charge on any atom is 0.253 e. The number of halogens is 1. The second-order valence-electron chi connectivity index (χ2n) is 3.56. The molecule has 2 N–H and O–H groups in total. The van der Waals surface area contributed by atoms with Gasteiger partial charge in [0.25, 0.3) is 5.91 Å². The monoisotopic (exact) mass is 238 g/mol. The van der Waals surface area contributed by atoms with Crippen LogP contribution in [0.5, 0.6) is 0 Å². The van der Waals surface area contributed by atoms with Crippen molar-refractivity contribution in [1.29, 1.82) is 5.26 Å². The molecule has 0 aliphatic heterocycles. The van der Waals surface area contributed by atoms with Crippen molar-refractivity contribution in [2.75, 3.05) is 18.8 Å². The molecular formula is C12H14FN3O. The lowest BCUT2D eigenvalue weighted by Gasteiger charge is -2.09. The normalized spacial score (nSPS) is 14.8. The standard InChI is InChI=1S/C12H14FN3O/c1-8(6-14)7-16-9-3-4-10(11(13)5-9)12(17)15-2/h3-5,8,16H,7H2,1-2H3,(H,15,17)/i2D3. The van der Waals surface area contributed by atoms with Crippen molar-refractivity contribution in [2.45, 2.75) is 6.92 Å². The molecule has 1 rings (SSSR count). The summed E-state index contributed by atoms with van der Waals surface area (Å²) < 4.78 is 34.4. The molecule has 0 aromatic heterocycles. The van der Waals surface area contributed by atoms with Gasteiger partial charge in [0.15, 0.2) is 0 Å².